The van der Waals surface area contributed by atoms with Crippen molar-refractivity contribution in [2.75, 3.05) is 6.54 Å². The highest BCUT2D eigenvalue weighted by Crippen LogP contribution is 2.34. The predicted molar refractivity (Wildman–Crippen MR) is 88.5 cm³/mol. The van der Waals surface area contributed by atoms with Gasteiger partial charge >= 0.3 is 0 Å². The van der Waals surface area contributed by atoms with Gasteiger partial charge in [-0.3, -0.25) is 14.5 Å². The third-order valence-electron chi connectivity index (χ3n) is 4.30. The van der Waals surface area contributed by atoms with E-state index in [1.165, 1.54) is 0 Å². The largest absolute Gasteiger partial charge is 0.337 e. The lowest BCUT2D eigenvalue weighted by molar-refractivity contribution is 0.0378. The summed E-state index contributed by atoms with van der Waals surface area (Å²) in [6, 6.07) is 3.71. The molecule has 25 heavy (non-hydrogen) atoms. The van der Waals surface area contributed by atoms with Gasteiger partial charge in [0.2, 0.25) is 11.7 Å². The SMILES string of the molecule is CC(C)n1cc(C(=O)N2CC[C@H]2c2nc(-c3cccnc3)no2)cn1. The zero-order valence-electron chi connectivity index (χ0n) is 14.0. The molecule has 8 heteroatoms. The van der Waals surface area contributed by atoms with Crippen molar-refractivity contribution in [1.82, 2.24) is 29.8 Å². The molecule has 0 radical (unpaired) electrons. The van der Waals surface area contributed by atoms with Crippen LogP contribution in [0, 0.1) is 0 Å². The Morgan fingerprint density at radius 1 is 1.36 bits per heavy atom. The van der Waals surface area contributed by atoms with Gasteiger partial charge in [0.1, 0.15) is 6.04 Å². The molecule has 1 fully saturated rings. The van der Waals surface area contributed by atoms with Crippen molar-refractivity contribution in [1.29, 1.82) is 0 Å². The summed E-state index contributed by atoms with van der Waals surface area (Å²) < 4.78 is 7.15. The molecule has 0 N–H and O–H groups in total. The second-order valence-corrected chi connectivity index (χ2v) is 6.30. The Bertz CT molecular complexity index is 885. The molecular formula is C17H18N6O2. The summed E-state index contributed by atoms with van der Waals surface area (Å²) in [6.45, 7) is 4.71. The topological polar surface area (TPSA) is 89.9 Å². The summed E-state index contributed by atoms with van der Waals surface area (Å²) >= 11 is 0. The van der Waals surface area contributed by atoms with E-state index in [0.717, 1.165) is 12.0 Å². The molecule has 0 spiro atoms. The smallest absolute Gasteiger partial charge is 0.257 e. The Kier molecular flexibility index (Phi) is 3.79. The van der Waals surface area contributed by atoms with Crippen molar-refractivity contribution in [3.8, 4) is 11.4 Å². The van der Waals surface area contributed by atoms with Gasteiger partial charge in [0.25, 0.3) is 5.91 Å². The lowest BCUT2D eigenvalue weighted by Gasteiger charge is -2.38. The number of hydrogen-bond acceptors (Lipinski definition) is 6. The van der Waals surface area contributed by atoms with Gasteiger partial charge in [-0.15, -0.1) is 0 Å². The Balaban J connectivity index is 1.52. The highest BCUT2D eigenvalue weighted by Gasteiger charge is 2.38. The fourth-order valence-corrected chi connectivity index (χ4v) is 2.77. The molecule has 0 aromatic carbocycles. The van der Waals surface area contributed by atoms with Crippen LogP contribution in [0.4, 0.5) is 0 Å². The molecule has 4 rings (SSSR count). The molecule has 1 aliphatic heterocycles. The summed E-state index contributed by atoms with van der Waals surface area (Å²) in [6.07, 6.45) is 7.55. The van der Waals surface area contributed by atoms with Crippen LogP contribution in [0.2, 0.25) is 0 Å². The summed E-state index contributed by atoms with van der Waals surface area (Å²) in [7, 11) is 0. The number of rotatable bonds is 4. The molecular weight excluding hydrogens is 320 g/mol. The minimum atomic E-state index is -0.187. The highest BCUT2D eigenvalue weighted by molar-refractivity contribution is 5.94. The molecule has 4 heterocycles. The van der Waals surface area contributed by atoms with Crippen LogP contribution in [-0.2, 0) is 0 Å². The highest BCUT2D eigenvalue weighted by atomic mass is 16.5. The molecule has 0 bridgehead atoms. The van der Waals surface area contributed by atoms with Crippen LogP contribution in [0.15, 0.2) is 41.4 Å². The zero-order chi connectivity index (χ0) is 17.4. The number of nitrogens with zero attached hydrogens (tertiary/aromatic N) is 6. The van der Waals surface area contributed by atoms with E-state index >= 15 is 0 Å². The first-order chi connectivity index (χ1) is 12.1. The van der Waals surface area contributed by atoms with Gasteiger partial charge in [-0.25, -0.2) is 0 Å². The molecule has 0 aliphatic carbocycles. The second kappa shape index (κ2) is 6.12. The molecule has 0 saturated carbocycles. The minimum absolute atomic E-state index is 0.0655. The first kappa shape index (κ1) is 15.5. The normalized spacial score (nSPS) is 16.9. The Morgan fingerprint density at radius 2 is 2.24 bits per heavy atom. The van der Waals surface area contributed by atoms with E-state index in [4.69, 9.17) is 4.52 Å². The molecule has 8 nitrogen and oxygen atoms in total. The predicted octanol–water partition coefficient (Wildman–Crippen LogP) is 2.50. The fourth-order valence-electron chi connectivity index (χ4n) is 2.77. The first-order valence-electron chi connectivity index (χ1n) is 8.22. The van der Waals surface area contributed by atoms with Crippen molar-refractivity contribution >= 4 is 5.91 Å². The molecule has 1 amide bonds. The van der Waals surface area contributed by atoms with Gasteiger partial charge in [-0.05, 0) is 32.4 Å². The van der Waals surface area contributed by atoms with Gasteiger partial charge < -0.3 is 9.42 Å². The van der Waals surface area contributed by atoms with E-state index in [2.05, 4.69) is 20.2 Å². The summed E-state index contributed by atoms with van der Waals surface area (Å²) in [4.78, 5) is 22.9. The van der Waals surface area contributed by atoms with Crippen LogP contribution in [0.3, 0.4) is 0 Å². The number of carbonyl (C=O) groups excluding carboxylic acids is 1. The number of aromatic nitrogens is 5. The summed E-state index contributed by atoms with van der Waals surface area (Å²) in [5.74, 6) is 0.869. The third-order valence-corrected chi connectivity index (χ3v) is 4.30. The van der Waals surface area contributed by atoms with Crippen molar-refractivity contribution in [3.05, 3.63) is 48.4 Å². The van der Waals surface area contributed by atoms with Gasteiger partial charge in [-0.2, -0.15) is 10.1 Å². The molecule has 1 aliphatic rings. The van der Waals surface area contributed by atoms with Crippen LogP contribution >= 0.6 is 0 Å². The number of likely N-dealkylation sites (tertiary alicyclic amines) is 1. The Morgan fingerprint density at radius 3 is 2.88 bits per heavy atom. The quantitative estimate of drug-likeness (QED) is 0.726. The van der Waals surface area contributed by atoms with E-state index in [9.17, 15) is 4.79 Å². The lowest BCUT2D eigenvalue weighted by atomic mass is 10.0. The standard InChI is InChI=1S/C17H18N6O2/c1-11(2)23-10-13(9-19-23)17(24)22-7-5-14(22)16-20-15(21-25-16)12-4-3-6-18-8-12/h3-4,6,8-11,14H,5,7H2,1-2H3/t14-/m0/s1. The van der Waals surface area contributed by atoms with Crippen LogP contribution in [0.1, 0.15) is 48.6 Å². The van der Waals surface area contributed by atoms with Gasteiger partial charge in [0.15, 0.2) is 0 Å². The molecule has 1 atom stereocenters. The molecule has 1 saturated heterocycles. The van der Waals surface area contributed by atoms with E-state index in [0.29, 0.717) is 23.8 Å². The van der Waals surface area contributed by atoms with Crippen LogP contribution in [-0.4, -0.2) is 42.3 Å². The molecule has 3 aromatic rings. The average Bonchev–Trinajstić information content (AvgIpc) is 3.24. The van der Waals surface area contributed by atoms with Gasteiger partial charge in [0.05, 0.1) is 11.8 Å². The Labute approximate surface area is 144 Å². The van der Waals surface area contributed by atoms with Gasteiger partial charge in [0, 0.05) is 36.7 Å². The van der Waals surface area contributed by atoms with Crippen molar-refractivity contribution in [2.45, 2.75) is 32.4 Å². The lowest BCUT2D eigenvalue weighted by Crippen LogP contribution is -2.45. The molecule has 0 unspecified atom stereocenters. The molecule has 128 valence electrons. The summed E-state index contributed by atoms with van der Waals surface area (Å²) in [5.41, 5.74) is 1.36. The average molecular weight is 338 g/mol. The summed E-state index contributed by atoms with van der Waals surface area (Å²) in [5, 5.41) is 8.23. The number of amides is 1. The van der Waals surface area contributed by atoms with Crippen LogP contribution in [0.25, 0.3) is 11.4 Å². The maximum atomic E-state index is 12.7. The van der Waals surface area contributed by atoms with E-state index in [1.54, 1.807) is 34.4 Å². The molecule has 3 aromatic heterocycles. The van der Waals surface area contributed by atoms with Crippen LogP contribution < -0.4 is 0 Å². The minimum Gasteiger partial charge on any atom is -0.337 e. The second-order valence-electron chi connectivity index (χ2n) is 6.30. The van der Waals surface area contributed by atoms with E-state index in [1.807, 2.05) is 26.0 Å². The fraction of sp³-hybridized carbons (Fsp3) is 0.353. The van der Waals surface area contributed by atoms with Crippen LogP contribution in [0.5, 0.6) is 0 Å². The zero-order valence-corrected chi connectivity index (χ0v) is 14.0. The van der Waals surface area contributed by atoms with E-state index < -0.39 is 0 Å². The monoisotopic (exact) mass is 338 g/mol. The number of carbonyl (C=O) groups is 1. The van der Waals surface area contributed by atoms with Crippen molar-refractivity contribution in [3.63, 3.8) is 0 Å². The van der Waals surface area contributed by atoms with Gasteiger partial charge in [-0.1, -0.05) is 5.16 Å². The Hall–Kier alpha value is -3.03. The maximum absolute atomic E-state index is 12.7. The van der Waals surface area contributed by atoms with E-state index in [-0.39, 0.29) is 18.0 Å². The first-order valence-corrected chi connectivity index (χ1v) is 8.22. The van der Waals surface area contributed by atoms with Crippen molar-refractivity contribution in [2.24, 2.45) is 0 Å². The number of hydrogen-bond donors (Lipinski definition) is 0. The third kappa shape index (κ3) is 2.79. The number of pyridine rings is 1. The maximum Gasteiger partial charge on any atom is 0.257 e. The van der Waals surface area contributed by atoms with Crippen molar-refractivity contribution < 1.29 is 9.32 Å².